The summed E-state index contributed by atoms with van der Waals surface area (Å²) in [7, 11) is 0. The fourth-order valence-corrected chi connectivity index (χ4v) is 16.6. The number of carbonyl (C=O) groups is 2. The van der Waals surface area contributed by atoms with Gasteiger partial charge in [-0.2, -0.15) is 260 Å². The quantitative estimate of drug-likeness (QED) is 0.0583. The molecule has 62 heteroatoms. The van der Waals surface area contributed by atoms with Gasteiger partial charge in [-0.05, 0) is 62.4 Å². The number of nitrogens with zero attached hydrogens (tertiary/aromatic N) is 1. The van der Waals surface area contributed by atoms with Crippen molar-refractivity contribution in [3.05, 3.63) is 235 Å². The van der Waals surface area contributed by atoms with E-state index in [1.165, 1.54) is 42.0 Å². The van der Waals surface area contributed by atoms with E-state index in [1.807, 2.05) is 0 Å². The number of hydrogen-bond acceptors (Lipinski definition) is 7. The van der Waals surface area contributed by atoms with Crippen LogP contribution in [0, 0.1) is 11.3 Å². The van der Waals surface area contributed by atoms with Crippen LogP contribution in [0.25, 0.3) is 0 Å². The van der Waals surface area contributed by atoms with Crippen molar-refractivity contribution in [2.45, 2.75) is 147 Å². The molecule has 8 aromatic rings. The Morgan fingerprint density at radius 2 is 0.329 bits per heavy atom. The van der Waals surface area contributed by atoms with E-state index in [0.717, 1.165) is 52.9 Å². The van der Waals surface area contributed by atoms with Crippen LogP contribution in [0.4, 0.5) is 211 Å². The first-order valence-corrected chi connectivity index (χ1v) is 45.0. The third-order valence-electron chi connectivity index (χ3n) is 19.6. The van der Waals surface area contributed by atoms with Gasteiger partial charge >= 0.3 is 271 Å². The third-order valence-corrected chi connectivity index (χ3v) is 23.4. The van der Waals surface area contributed by atoms with Crippen molar-refractivity contribution >= 4 is 170 Å². The van der Waals surface area contributed by atoms with E-state index in [2.05, 4.69) is 0 Å². The van der Waals surface area contributed by atoms with E-state index in [9.17, 15) is 220 Å². The molecule has 1 aliphatic rings. The minimum Gasteiger partial charge on any atom is -0.300 e. The molecule has 0 amide bonds. The molecule has 1 aliphatic heterocycles. The Labute approximate surface area is 854 Å². The molecule has 7 nitrogen and oxygen atoms in total. The van der Waals surface area contributed by atoms with Crippen molar-refractivity contribution in [1.82, 2.24) is 0 Å². The van der Waals surface area contributed by atoms with Crippen LogP contribution in [0.15, 0.2) is 146 Å². The van der Waals surface area contributed by atoms with E-state index in [-0.39, 0.29) is 72.2 Å². The molecule has 0 saturated carbocycles. The predicted molar refractivity (Wildman–Crippen MR) is 434 cm³/mol. The Hall–Kier alpha value is -7.61. The first kappa shape index (κ1) is 133. The number of carbonyl (C=O) groups excluding carboxylic acids is 2. The van der Waals surface area contributed by atoms with Crippen LogP contribution in [0.5, 0.6) is 0 Å². The van der Waals surface area contributed by atoms with Gasteiger partial charge in [-0.3, -0.25) is 9.59 Å². The number of halogens is 50. The van der Waals surface area contributed by atoms with Crippen LogP contribution in [0.1, 0.15) is 116 Å². The molecular formula is C84H61B2BaCl2F48NO6Se2. The monoisotopic (exact) mass is 2480 g/mol. The third kappa shape index (κ3) is 38.6. The van der Waals surface area contributed by atoms with E-state index in [0.29, 0.717) is 29.9 Å². The number of hydrogen-bond donors (Lipinski definition) is 0. The first-order valence-electron chi connectivity index (χ1n) is 39.1. The van der Waals surface area contributed by atoms with E-state index >= 15 is 0 Å². The van der Waals surface area contributed by atoms with Crippen LogP contribution in [0.2, 0.25) is 21.3 Å². The Morgan fingerprint density at radius 1 is 0.240 bits per heavy atom. The van der Waals surface area contributed by atoms with Crippen molar-refractivity contribution in [2.75, 3.05) is 58.2 Å². The SMILES string of the molecule is C1COCC[Se]CCOCCOCC[Se]CCO1.CC#N.CC(=O)CC(C)=O.ClCCl.FC(F)(F)c1cc([B-](c2cc(C(F)(F)F)cc(C(F)(F)F)c2)(c2cc(C(F)(F)F)cc(C(F)(F)F)c2)c2cc(C(F)(F)F)cc(C(F)(F)F)c2)cc(C(F)(F)F)c1.FC(F)(F)c1cc([B-](c2cc(C(F)(F)F)cc(C(F)(F)F)c2)(c2cc(C(F)(F)F)cc(C(F)(F)F)c2)c2cc(C(F)(F)F)cc(C(F)(F)F)c2)cc(C(F)(F)F)c1.[Ba+2]. The summed E-state index contributed by atoms with van der Waals surface area (Å²) in [5, 5.41) is 12.2. The molecular weight excluding hydrogens is 2420 g/mol. The van der Waals surface area contributed by atoms with Crippen molar-refractivity contribution in [1.29, 1.82) is 5.26 Å². The molecule has 0 unspecified atom stereocenters. The van der Waals surface area contributed by atoms with Gasteiger partial charge in [-0.1, -0.05) is 97.1 Å². The number of alkyl halides is 50. The molecule has 1 heterocycles. The zero-order chi connectivity index (χ0) is 112. The number of ketones is 2. The molecule has 0 aliphatic carbocycles. The Bertz CT molecular complexity index is 4440. The minimum absolute atomic E-state index is 0. The number of nitriles is 1. The van der Waals surface area contributed by atoms with Gasteiger partial charge in [0.05, 0.1) is 107 Å². The van der Waals surface area contributed by atoms with Crippen LogP contribution in [0.3, 0.4) is 0 Å². The second kappa shape index (κ2) is 51.2. The summed E-state index contributed by atoms with van der Waals surface area (Å²) in [5.74, 6) is -0.125. The topological polar surface area (TPSA) is 94.8 Å². The summed E-state index contributed by atoms with van der Waals surface area (Å²) in [6, 6.07) is -15.9. The molecule has 0 aromatic heterocycles. The van der Waals surface area contributed by atoms with E-state index < -0.39 is 389 Å². The molecule has 0 atom stereocenters. The number of benzene rings is 8. The van der Waals surface area contributed by atoms with Crippen LogP contribution >= 0.6 is 23.2 Å². The fraction of sp³-hybridized carbons (Fsp3) is 0.393. The summed E-state index contributed by atoms with van der Waals surface area (Å²) >= 11 is 10.8. The van der Waals surface area contributed by atoms with Gasteiger partial charge in [0.2, 0.25) is 0 Å². The van der Waals surface area contributed by atoms with Gasteiger partial charge in [0.15, 0.2) is 0 Å². The number of Topliss-reactive ketones (excluding diaryl/α,β-unsaturated/α-hetero) is 2. The molecule has 1 saturated heterocycles. The van der Waals surface area contributed by atoms with E-state index in [4.69, 9.17) is 47.4 Å². The summed E-state index contributed by atoms with van der Waals surface area (Å²) in [4.78, 5) is 20.1. The van der Waals surface area contributed by atoms with Crippen LogP contribution in [-0.2, 0) is 127 Å². The van der Waals surface area contributed by atoms with Crippen molar-refractivity contribution in [3.8, 4) is 6.07 Å². The second-order valence-electron chi connectivity index (χ2n) is 30.0. The van der Waals surface area contributed by atoms with Crippen LogP contribution < -0.4 is 43.7 Å². The fourth-order valence-electron chi connectivity index (χ4n) is 13.8. The van der Waals surface area contributed by atoms with Gasteiger partial charge in [0.25, 0.3) is 0 Å². The smallest absolute Gasteiger partial charge is 0.300 e. The van der Waals surface area contributed by atoms with Gasteiger partial charge in [-0.25, -0.2) is 0 Å². The zero-order valence-corrected chi connectivity index (χ0v) is 82.1. The number of ether oxygens (including phenoxy) is 4. The van der Waals surface area contributed by atoms with Gasteiger partial charge in [0, 0.05) is 6.92 Å². The molecule has 1 fully saturated rings. The summed E-state index contributed by atoms with van der Waals surface area (Å²) in [6.07, 6.45) is -110. The first-order chi connectivity index (χ1) is 65.5. The molecule has 9 rings (SSSR count). The molecule has 0 bridgehead atoms. The van der Waals surface area contributed by atoms with Gasteiger partial charge in [0.1, 0.15) is 23.9 Å². The van der Waals surface area contributed by atoms with Crippen LogP contribution in [-0.4, -0.2) is 161 Å². The standard InChI is InChI=1S/2C32H12BF24.C12H24O4Se2.C5H8O2.C2H3N.CH2Cl2.Ba/c2*34-25(35,36)13-1-14(26(37,38)39)6-21(5-13)33(22-7-15(27(40,41)42)2-16(8-22)28(43,44)45,23-9-17(29(46,47)48)3-18(10-23)30(49,50)51)24-11-19(31(52,53)54)4-20(12-24)32(55,56)57;1-2-14-6-10-18-12-8-16-4-3-15-7-11-17-9-5-13-1;1-4(6)3-5(2)7;1-2-3;2-1-3;/h2*1-12H;1-12H2;3H2,1-2H3;1H3;1H2;/q2*-1;;;;;+2. The number of rotatable bonds is 10. The minimum atomic E-state index is -6.13. The molecule has 8 aromatic carbocycles. The predicted octanol–water partition coefficient (Wildman–Crippen LogP) is 25.7. The van der Waals surface area contributed by atoms with Gasteiger partial charge in [-0.15, -0.1) is 23.2 Å². The van der Waals surface area contributed by atoms with Crippen molar-refractivity contribution in [3.63, 3.8) is 0 Å². The Kier molecular flexibility index (Phi) is 46.5. The maximum absolute atomic E-state index is 14.2. The average Bonchev–Trinajstić information content (AvgIpc) is 0.708. The normalized spacial score (nSPS) is 14.7. The molecule has 0 spiro atoms. The molecule has 0 radical (unpaired) electrons. The van der Waals surface area contributed by atoms with Crippen molar-refractivity contribution in [2.24, 2.45) is 0 Å². The molecule has 0 N–H and O–H groups in total. The molecule has 146 heavy (non-hydrogen) atoms. The Morgan fingerprint density at radius 3 is 0.397 bits per heavy atom. The van der Waals surface area contributed by atoms with Gasteiger partial charge < -0.3 is 0 Å². The Balaban J connectivity index is 0.000000577. The van der Waals surface area contributed by atoms with Crippen molar-refractivity contribution < 1.29 is 239 Å². The second-order valence-corrected chi connectivity index (χ2v) is 36.0. The summed E-state index contributed by atoms with van der Waals surface area (Å²) in [5.41, 5.74) is -60.4. The summed E-state index contributed by atoms with van der Waals surface area (Å²) in [6.45, 7) is 10.7. The largest absolute Gasteiger partial charge is 2.00 e. The summed E-state index contributed by atoms with van der Waals surface area (Å²) < 4.78 is 704. The maximum atomic E-state index is 14.2. The average molecular weight is 2480 g/mol. The maximum Gasteiger partial charge on any atom is 2.00 e. The molecule has 808 valence electrons. The zero-order valence-electron chi connectivity index (χ0n) is 72.7. The van der Waals surface area contributed by atoms with E-state index in [1.54, 1.807) is 6.07 Å².